The Morgan fingerprint density at radius 1 is 1.31 bits per heavy atom. The van der Waals surface area contributed by atoms with Crippen molar-refractivity contribution < 1.29 is 0 Å². The van der Waals surface area contributed by atoms with Crippen LogP contribution >= 0.6 is 0 Å². The van der Waals surface area contributed by atoms with E-state index in [9.17, 15) is 0 Å². The highest BCUT2D eigenvalue weighted by Gasteiger charge is 1.97. The van der Waals surface area contributed by atoms with Crippen LogP contribution in [0.15, 0.2) is 54.1 Å². The number of benzene rings is 1. The Bertz CT molecular complexity index is 304. The van der Waals surface area contributed by atoms with Crippen molar-refractivity contribution in [3.63, 3.8) is 0 Å². The van der Waals surface area contributed by atoms with Crippen molar-refractivity contribution in [2.24, 2.45) is 0 Å². The fourth-order valence-corrected chi connectivity index (χ4v) is 1.32. The van der Waals surface area contributed by atoms with E-state index in [4.69, 9.17) is 0 Å². The van der Waals surface area contributed by atoms with E-state index in [-0.39, 0.29) is 0 Å². The molecule has 0 bridgehead atoms. The highest BCUT2D eigenvalue weighted by atomic mass is 14.0. The van der Waals surface area contributed by atoms with Crippen molar-refractivity contribution in [1.29, 1.82) is 0 Å². The first kappa shape index (κ1) is 9.79. The molecule has 0 unspecified atom stereocenters. The molecule has 0 aromatic heterocycles. The Kier molecular flexibility index (Phi) is 3.51. The van der Waals surface area contributed by atoms with Crippen LogP contribution in [-0.2, 0) is 6.42 Å². The van der Waals surface area contributed by atoms with Crippen LogP contribution in [0.4, 0.5) is 0 Å². The summed E-state index contributed by atoms with van der Waals surface area (Å²) in [6, 6.07) is 10.5. The van der Waals surface area contributed by atoms with Crippen LogP contribution in [-0.4, -0.2) is 0 Å². The van der Waals surface area contributed by atoms with E-state index in [1.807, 2.05) is 6.07 Å². The summed E-state index contributed by atoms with van der Waals surface area (Å²) in [5.74, 6) is 0. The molecule has 0 saturated carbocycles. The smallest absolute Gasteiger partial charge is 0.00266 e. The van der Waals surface area contributed by atoms with Crippen LogP contribution in [0.3, 0.4) is 0 Å². The molecule has 1 rings (SSSR count). The van der Waals surface area contributed by atoms with Crippen molar-refractivity contribution in [2.45, 2.75) is 20.3 Å². The van der Waals surface area contributed by atoms with Gasteiger partial charge < -0.3 is 0 Å². The van der Waals surface area contributed by atoms with Gasteiger partial charge in [-0.2, -0.15) is 0 Å². The second-order valence-electron chi connectivity index (χ2n) is 3.26. The van der Waals surface area contributed by atoms with E-state index >= 15 is 0 Å². The van der Waals surface area contributed by atoms with E-state index in [1.54, 1.807) is 0 Å². The third-order valence-electron chi connectivity index (χ3n) is 2.13. The molecular weight excluding hydrogens is 156 g/mol. The van der Waals surface area contributed by atoms with Crippen LogP contribution in [0.1, 0.15) is 19.4 Å². The lowest BCUT2D eigenvalue weighted by Crippen LogP contribution is -1.90. The van der Waals surface area contributed by atoms with Crippen molar-refractivity contribution in [3.8, 4) is 0 Å². The summed E-state index contributed by atoms with van der Waals surface area (Å²) in [7, 11) is 0. The molecule has 1 aromatic rings. The first-order chi connectivity index (χ1) is 6.24. The highest BCUT2D eigenvalue weighted by molar-refractivity contribution is 5.32. The zero-order valence-electron chi connectivity index (χ0n) is 8.38. The van der Waals surface area contributed by atoms with Gasteiger partial charge in [-0.1, -0.05) is 48.6 Å². The van der Waals surface area contributed by atoms with Crippen LogP contribution in [0.5, 0.6) is 0 Å². The van der Waals surface area contributed by atoms with Crippen molar-refractivity contribution in [1.82, 2.24) is 0 Å². The standard InChI is InChI=1S/C13H16/c1-4-13(11(2)3)10-12-8-6-5-7-9-12/h4-9H,2,10H2,1,3H3/b13-4-. The van der Waals surface area contributed by atoms with Gasteiger partial charge in [0.25, 0.3) is 0 Å². The Labute approximate surface area is 80.6 Å². The van der Waals surface area contributed by atoms with Gasteiger partial charge in [-0.05, 0) is 31.4 Å². The summed E-state index contributed by atoms with van der Waals surface area (Å²) < 4.78 is 0. The van der Waals surface area contributed by atoms with Crippen molar-refractivity contribution in [3.05, 3.63) is 59.7 Å². The molecule has 0 aliphatic carbocycles. The lowest BCUT2D eigenvalue weighted by Gasteiger charge is -2.05. The molecule has 0 fully saturated rings. The first-order valence-electron chi connectivity index (χ1n) is 4.59. The summed E-state index contributed by atoms with van der Waals surface area (Å²) >= 11 is 0. The molecule has 0 aliphatic rings. The van der Waals surface area contributed by atoms with Crippen molar-refractivity contribution in [2.75, 3.05) is 0 Å². The van der Waals surface area contributed by atoms with Gasteiger partial charge in [0.2, 0.25) is 0 Å². The maximum absolute atomic E-state index is 3.95. The minimum absolute atomic E-state index is 0.993. The molecule has 0 atom stereocenters. The van der Waals surface area contributed by atoms with Gasteiger partial charge in [0.05, 0.1) is 0 Å². The Morgan fingerprint density at radius 2 is 1.92 bits per heavy atom. The molecule has 0 amide bonds. The predicted octanol–water partition coefficient (Wildman–Crippen LogP) is 3.75. The topological polar surface area (TPSA) is 0 Å². The SMILES string of the molecule is C=C(C)/C(=C\C)Cc1ccccc1. The number of hydrogen-bond acceptors (Lipinski definition) is 0. The zero-order chi connectivity index (χ0) is 9.68. The van der Waals surface area contributed by atoms with Gasteiger partial charge in [0.1, 0.15) is 0 Å². The molecule has 0 radical (unpaired) electrons. The molecule has 0 spiro atoms. The van der Waals surface area contributed by atoms with Gasteiger partial charge in [-0.25, -0.2) is 0 Å². The number of allylic oxidation sites excluding steroid dienone is 3. The molecule has 0 heterocycles. The minimum atomic E-state index is 0.993. The number of hydrogen-bond donors (Lipinski definition) is 0. The lowest BCUT2D eigenvalue weighted by molar-refractivity contribution is 1.14. The molecule has 0 aliphatic heterocycles. The van der Waals surface area contributed by atoms with Gasteiger partial charge in [-0.15, -0.1) is 0 Å². The lowest BCUT2D eigenvalue weighted by atomic mass is 10.0. The van der Waals surface area contributed by atoms with E-state index < -0.39 is 0 Å². The molecule has 0 saturated heterocycles. The minimum Gasteiger partial charge on any atom is -0.0958 e. The summed E-state index contributed by atoms with van der Waals surface area (Å²) in [5.41, 5.74) is 3.83. The monoisotopic (exact) mass is 172 g/mol. The van der Waals surface area contributed by atoms with E-state index in [1.165, 1.54) is 11.1 Å². The van der Waals surface area contributed by atoms with Gasteiger partial charge in [0.15, 0.2) is 0 Å². The first-order valence-corrected chi connectivity index (χ1v) is 4.59. The van der Waals surface area contributed by atoms with Gasteiger partial charge in [0, 0.05) is 0 Å². The molecule has 0 N–H and O–H groups in total. The molecule has 0 heteroatoms. The third kappa shape index (κ3) is 2.90. The normalized spacial score (nSPS) is 11.4. The summed E-state index contributed by atoms with van der Waals surface area (Å²) in [5, 5.41) is 0. The second kappa shape index (κ2) is 4.66. The third-order valence-corrected chi connectivity index (χ3v) is 2.13. The van der Waals surface area contributed by atoms with E-state index in [2.05, 4.69) is 50.8 Å². The predicted molar refractivity (Wildman–Crippen MR) is 58.7 cm³/mol. The second-order valence-corrected chi connectivity index (χ2v) is 3.26. The fourth-order valence-electron chi connectivity index (χ4n) is 1.32. The average molecular weight is 172 g/mol. The average Bonchev–Trinajstić information content (AvgIpc) is 2.15. The maximum Gasteiger partial charge on any atom is -0.00266 e. The van der Waals surface area contributed by atoms with Gasteiger partial charge >= 0.3 is 0 Å². The van der Waals surface area contributed by atoms with E-state index in [0.717, 1.165) is 12.0 Å². The van der Waals surface area contributed by atoms with Crippen LogP contribution in [0.25, 0.3) is 0 Å². The summed E-state index contributed by atoms with van der Waals surface area (Å²) in [6.45, 7) is 8.07. The Balaban J connectivity index is 2.74. The van der Waals surface area contributed by atoms with Gasteiger partial charge in [-0.3, -0.25) is 0 Å². The molecule has 0 nitrogen and oxygen atoms in total. The summed E-state index contributed by atoms with van der Waals surface area (Å²) in [6.07, 6.45) is 3.13. The van der Waals surface area contributed by atoms with Crippen LogP contribution in [0.2, 0.25) is 0 Å². The molecule has 1 aromatic carbocycles. The maximum atomic E-state index is 3.95. The van der Waals surface area contributed by atoms with Crippen LogP contribution in [0, 0.1) is 0 Å². The molecule has 13 heavy (non-hydrogen) atoms. The fraction of sp³-hybridized carbons (Fsp3) is 0.231. The largest absolute Gasteiger partial charge is 0.0958 e. The highest BCUT2D eigenvalue weighted by Crippen LogP contribution is 2.13. The van der Waals surface area contributed by atoms with Crippen molar-refractivity contribution >= 4 is 0 Å². The molecular formula is C13H16. The Morgan fingerprint density at radius 3 is 2.38 bits per heavy atom. The zero-order valence-corrected chi connectivity index (χ0v) is 8.38. The summed E-state index contributed by atoms with van der Waals surface area (Å²) in [4.78, 5) is 0. The quantitative estimate of drug-likeness (QED) is 0.609. The molecule has 68 valence electrons. The van der Waals surface area contributed by atoms with E-state index in [0.29, 0.717) is 0 Å². The van der Waals surface area contributed by atoms with Crippen LogP contribution < -0.4 is 0 Å². The Hall–Kier alpha value is -1.30. The number of rotatable bonds is 3.